The van der Waals surface area contributed by atoms with Gasteiger partial charge in [0, 0.05) is 19.0 Å². The standard InChI is InChI=1S/C11H11F2NO2/c12-9-2-1-6(3-10(9)13)7-4-14-5-8(7)11(15)16/h1-3,7-8,14H,4-5H2,(H,15,16)/t7-,8+/m0/s1. The third kappa shape index (κ3) is 1.90. The van der Waals surface area contributed by atoms with Crippen LogP contribution < -0.4 is 5.32 Å². The van der Waals surface area contributed by atoms with Crippen LogP contribution in [-0.4, -0.2) is 24.2 Å². The van der Waals surface area contributed by atoms with E-state index in [0.29, 0.717) is 18.7 Å². The lowest BCUT2D eigenvalue weighted by Gasteiger charge is -2.14. The van der Waals surface area contributed by atoms with Gasteiger partial charge in [-0.25, -0.2) is 8.78 Å². The molecule has 1 heterocycles. The number of hydrogen-bond acceptors (Lipinski definition) is 2. The molecule has 0 aliphatic carbocycles. The first-order valence-electron chi connectivity index (χ1n) is 4.98. The van der Waals surface area contributed by atoms with Gasteiger partial charge in [-0.3, -0.25) is 4.79 Å². The maximum atomic E-state index is 13.0. The van der Waals surface area contributed by atoms with Crippen molar-refractivity contribution in [1.29, 1.82) is 0 Å². The molecule has 5 heteroatoms. The van der Waals surface area contributed by atoms with Crippen molar-refractivity contribution in [2.75, 3.05) is 13.1 Å². The maximum Gasteiger partial charge on any atom is 0.308 e. The third-order valence-corrected chi connectivity index (χ3v) is 2.90. The average molecular weight is 227 g/mol. The molecule has 0 aromatic heterocycles. The van der Waals surface area contributed by atoms with Crippen LogP contribution in [0.3, 0.4) is 0 Å². The Kier molecular flexibility index (Phi) is 2.87. The Hall–Kier alpha value is -1.49. The molecule has 0 radical (unpaired) electrons. The van der Waals surface area contributed by atoms with E-state index in [0.717, 1.165) is 12.1 Å². The number of carbonyl (C=O) groups is 1. The number of rotatable bonds is 2. The summed E-state index contributed by atoms with van der Waals surface area (Å²) < 4.78 is 25.8. The van der Waals surface area contributed by atoms with Crippen LogP contribution in [0.2, 0.25) is 0 Å². The molecule has 16 heavy (non-hydrogen) atoms. The Morgan fingerprint density at radius 3 is 2.69 bits per heavy atom. The van der Waals surface area contributed by atoms with Gasteiger partial charge >= 0.3 is 5.97 Å². The van der Waals surface area contributed by atoms with E-state index in [1.807, 2.05) is 0 Å². The summed E-state index contributed by atoms with van der Waals surface area (Å²) in [6.07, 6.45) is 0. The molecule has 1 fully saturated rings. The minimum atomic E-state index is -0.937. The number of nitrogens with one attached hydrogen (secondary N) is 1. The fourth-order valence-electron chi connectivity index (χ4n) is 2.03. The highest BCUT2D eigenvalue weighted by Crippen LogP contribution is 2.29. The molecule has 1 aromatic rings. The maximum absolute atomic E-state index is 13.0. The van der Waals surface area contributed by atoms with Gasteiger partial charge in [-0.15, -0.1) is 0 Å². The van der Waals surface area contributed by atoms with E-state index in [9.17, 15) is 13.6 Å². The van der Waals surface area contributed by atoms with E-state index in [-0.39, 0.29) is 5.92 Å². The quantitative estimate of drug-likeness (QED) is 0.801. The monoisotopic (exact) mass is 227 g/mol. The molecule has 3 nitrogen and oxygen atoms in total. The van der Waals surface area contributed by atoms with E-state index in [4.69, 9.17) is 5.11 Å². The van der Waals surface area contributed by atoms with E-state index in [1.54, 1.807) is 0 Å². The van der Waals surface area contributed by atoms with Crippen LogP contribution in [-0.2, 0) is 4.79 Å². The summed E-state index contributed by atoms with van der Waals surface area (Å²) in [6, 6.07) is 3.54. The highest BCUT2D eigenvalue weighted by molar-refractivity contribution is 5.72. The molecule has 0 spiro atoms. The Morgan fingerprint density at radius 1 is 1.31 bits per heavy atom. The van der Waals surface area contributed by atoms with Gasteiger partial charge in [0.15, 0.2) is 11.6 Å². The topological polar surface area (TPSA) is 49.3 Å². The van der Waals surface area contributed by atoms with Crippen molar-refractivity contribution in [3.8, 4) is 0 Å². The molecule has 1 aromatic carbocycles. The van der Waals surface area contributed by atoms with E-state index >= 15 is 0 Å². The number of aliphatic carboxylic acids is 1. The summed E-state index contributed by atoms with van der Waals surface area (Å²) >= 11 is 0. The zero-order valence-electron chi connectivity index (χ0n) is 8.41. The summed E-state index contributed by atoms with van der Waals surface area (Å²) in [6.45, 7) is 0.834. The molecule has 0 saturated carbocycles. The zero-order valence-corrected chi connectivity index (χ0v) is 8.41. The Balaban J connectivity index is 2.29. The van der Waals surface area contributed by atoms with E-state index in [1.165, 1.54) is 6.07 Å². The predicted octanol–water partition coefficient (Wildman–Crippen LogP) is 1.35. The van der Waals surface area contributed by atoms with E-state index < -0.39 is 23.5 Å². The summed E-state index contributed by atoms with van der Waals surface area (Å²) in [4.78, 5) is 10.9. The first kappa shape index (κ1) is 11.0. The van der Waals surface area contributed by atoms with Gasteiger partial charge in [0.2, 0.25) is 0 Å². The number of halogens is 2. The minimum absolute atomic E-state index is 0.299. The van der Waals surface area contributed by atoms with Gasteiger partial charge in [-0.1, -0.05) is 6.07 Å². The van der Waals surface area contributed by atoms with Crippen LogP contribution in [0, 0.1) is 17.6 Å². The summed E-state index contributed by atoms with van der Waals surface area (Å²) in [5, 5.41) is 11.9. The second-order valence-electron chi connectivity index (χ2n) is 3.88. The smallest absolute Gasteiger partial charge is 0.308 e. The Labute approximate surface area is 91.1 Å². The van der Waals surface area contributed by atoms with Crippen LogP contribution in [0.4, 0.5) is 8.78 Å². The highest BCUT2D eigenvalue weighted by atomic mass is 19.2. The van der Waals surface area contributed by atoms with Crippen molar-refractivity contribution in [1.82, 2.24) is 5.32 Å². The van der Waals surface area contributed by atoms with Crippen LogP contribution in [0.15, 0.2) is 18.2 Å². The molecule has 0 unspecified atom stereocenters. The van der Waals surface area contributed by atoms with Crippen LogP contribution in [0.1, 0.15) is 11.5 Å². The zero-order chi connectivity index (χ0) is 11.7. The molecule has 1 saturated heterocycles. The second kappa shape index (κ2) is 4.17. The van der Waals surface area contributed by atoms with Crippen LogP contribution in [0.25, 0.3) is 0 Å². The molecule has 0 bridgehead atoms. The van der Waals surface area contributed by atoms with Gasteiger partial charge in [-0.2, -0.15) is 0 Å². The summed E-state index contributed by atoms with van der Waals surface area (Å²) in [5.41, 5.74) is 0.524. The number of hydrogen-bond donors (Lipinski definition) is 2. The Morgan fingerprint density at radius 2 is 2.06 bits per heavy atom. The van der Waals surface area contributed by atoms with Crippen molar-refractivity contribution in [3.63, 3.8) is 0 Å². The van der Waals surface area contributed by atoms with Crippen molar-refractivity contribution < 1.29 is 18.7 Å². The predicted molar refractivity (Wildman–Crippen MR) is 53.1 cm³/mol. The molecule has 1 aliphatic rings. The fraction of sp³-hybridized carbons (Fsp3) is 0.364. The van der Waals surface area contributed by atoms with Gasteiger partial charge in [0.1, 0.15) is 0 Å². The minimum Gasteiger partial charge on any atom is -0.481 e. The number of carboxylic acids is 1. The van der Waals surface area contributed by atoms with Crippen molar-refractivity contribution in [2.24, 2.45) is 5.92 Å². The van der Waals surface area contributed by atoms with Crippen LogP contribution >= 0.6 is 0 Å². The van der Waals surface area contributed by atoms with Crippen LogP contribution in [0.5, 0.6) is 0 Å². The number of benzene rings is 1. The normalized spacial score (nSPS) is 24.6. The molecule has 1 aliphatic heterocycles. The highest BCUT2D eigenvalue weighted by Gasteiger charge is 2.34. The largest absolute Gasteiger partial charge is 0.481 e. The molecular weight excluding hydrogens is 216 g/mol. The number of carboxylic acid groups (broad SMARTS) is 1. The molecule has 86 valence electrons. The molecule has 2 atom stereocenters. The lowest BCUT2D eigenvalue weighted by atomic mass is 9.89. The first-order valence-corrected chi connectivity index (χ1v) is 4.98. The Bertz CT molecular complexity index is 422. The van der Waals surface area contributed by atoms with Gasteiger partial charge in [0.05, 0.1) is 5.92 Å². The summed E-state index contributed by atoms with van der Waals surface area (Å²) in [7, 11) is 0. The van der Waals surface area contributed by atoms with E-state index in [2.05, 4.69) is 5.32 Å². The van der Waals surface area contributed by atoms with Gasteiger partial charge in [-0.05, 0) is 17.7 Å². The van der Waals surface area contributed by atoms with Crippen molar-refractivity contribution >= 4 is 5.97 Å². The summed E-state index contributed by atoms with van der Waals surface area (Å²) in [5.74, 6) is -3.65. The molecule has 2 N–H and O–H groups in total. The third-order valence-electron chi connectivity index (χ3n) is 2.90. The fourth-order valence-corrected chi connectivity index (χ4v) is 2.03. The molecule has 2 rings (SSSR count). The molecule has 0 amide bonds. The lowest BCUT2D eigenvalue weighted by Crippen LogP contribution is -2.21. The van der Waals surface area contributed by atoms with Gasteiger partial charge in [0.25, 0.3) is 0 Å². The lowest BCUT2D eigenvalue weighted by molar-refractivity contribution is -0.141. The SMILES string of the molecule is O=C(O)[C@@H]1CNC[C@H]1c1ccc(F)c(F)c1. The second-order valence-corrected chi connectivity index (χ2v) is 3.88. The average Bonchev–Trinajstić information content (AvgIpc) is 2.71. The van der Waals surface area contributed by atoms with Crippen molar-refractivity contribution in [2.45, 2.75) is 5.92 Å². The first-order chi connectivity index (χ1) is 7.59. The van der Waals surface area contributed by atoms with Gasteiger partial charge < -0.3 is 10.4 Å². The van der Waals surface area contributed by atoms with Crippen molar-refractivity contribution in [3.05, 3.63) is 35.4 Å². The molecular formula is C11H11F2NO2.